The van der Waals surface area contributed by atoms with Gasteiger partial charge in [0.15, 0.2) is 11.5 Å². The molecule has 0 aromatic heterocycles. The van der Waals surface area contributed by atoms with E-state index in [1.54, 1.807) is 6.07 Å². The second-order valence-corrected chi connectivity index (χ2v) is 7.73. The fraction of sp³-hybridized carbons (Fsp3) is 0.120. The molecule has 4 rings (SSSR count). The van der Waals surface area contributed by atoms with Crippen LogP contribution in [0.2, 0.25) is 0 Å². The van der Waals surface area contributed by atoms with E-state index in [9.17, 15) is 35.9 Å². The summed E-state index contributed by atoms with van der Waals surface area (Å²) < 4.78 is 87.4. The summed E-state index contributed by atoms with van der Waals surface area (Å²) in [5.41, 5.74) is -2.01. The first-order chi connectivity index (χ1) is 17.4. The SMILES string of the molecule is O=C(Nc1ccc(C(F)(F)F)cc1)C(=Cc1ccc2c(c1)OCO2)C(=O)Nc1ccc(C(F)(F)F)cc1. The van der Waals surface area contributed by atoms with Crippen molar-refractivity contribution in [1.29, 1.82) is 0 Å². The predicted octanol–water partition coefficient (Wildman–Crippen LogP) is 6.11. The van der Waals surface area contributed by atoms with Crippen LogP contribution in [0.15, 0.2) is 72.3 Å². The van der Waals surface area contributed by atoms with E-state index < -0.39 is 40.9 Å². The van der Waals surface area contributed by atoms with Gasteiger partial charge in [0.1, 0.15) is 5.57 Å². The molecule has 0 aliphatic carbocycles. The van der Waals surface area contributed by atoms with Crippen molar-refractivity contribution in [3.05, 3.63) is 89.0 Å². The van der Waals surface area contributed by atoms with E-state index in [0.29, 0.717) is 17.1 Å². The van der Waals surface area contributed by atoms with Gasteiger partial charge in [-0.3, -0.25) is 9.59 Å². The van der Waals surface area contributed by atoms with Gasteiger partial charge in [-0.05, 0) is 72.3 Å². The molecule has 0 fully saturated rings. The van der Waals surface area contributed by atoms with Crippen LogP contribution >= 0.6 is 0 Å². The third-order valence-electron chi connectivity index (χ3n) is 5.14. The van der Waals surface area contributed by atoms with Crippen molar-refractivity contribution >= 4 is 29.3 Å². The van der Waals surface area contributed by atoms with Crippen LogP contribution in [0.5, 0.6) is 11.5 Å². The lowest BCUT2D eigenvalue weighted by molar-refractivity contribution is -0.138. The minimum atomic E-state index is -4.57. The van der Waals surface area contributed by atoms with E-state index in [-0.39, 0.29) is 18.2 Å². The molecule has 2 N–H and O–H groups in total. The molecular formula is C25H16F6N2O4. The monoisotopic (exact) mass is 522 g/mol. The molecule has 0 bridgehead atoms. The number of nitrogens with one attached hydrogen (secondary N) is 2. The highest BCUT2D eigenvalue weighted by Crippen LogP contribution is 2.34. The topological polar surface area (TPSA) is 76.7 Å². The van der Waals surface area contributed by atoms with Crippen LogP contribution in [-0.2, 0) is 21.9 Å². The van der Waals surface area contributed by atoms with E-state index in [0.717, 1.165) is 48.5 Å². The summed E-state index contributed by atoms with van der Waals surface area (Å²) in [6.07, 6.45) is -7.95. The molecule has 192 valence electrons. The Labute approximate surface area is 205 Å². The van der Waals surface area contributed by atoms with Gasteiger partial charge >= 0.3 is 12.4 Å². The molecule has 0 unspecified atom stereocenters. The summed E-state index contributed by atoms with van der Waals surface area (Å²) in [6.45, 7) is -0.0157. The molecule has 0 atom stereocenters. The van der Waals surface area contributed by atoms with E-state index >= 15 is 0 Å². The number of rotatable bonds is 5. The molecule has 1 aliphatic heterocycles. The van der Waals surface area contributed by atoms with Crippen molar-refractivity contribution in [2.75, 3.05) is 17.4 Å². The highest BCUT2D eigenvalue weighted by molar-refractivity contribution is 6.28. The molecule has 0 saturated heterocycles. The molecule has 6 nitrogen and oxygen atoms in total. The maximum Gasteiger partial charge on any atom is 0.416 e. The molecule has 2 amide bonds. The molecule has 3 aromatic carbocycles. The molecule has 0 saturated carbocycles. The van der Waals surface area contributed by atoms with Gasteiger partial charge in [-0.15, -0.1) is 0 Å². The number of benzene rings is 3. The van der Waals surface area contributed by atoms with Crippen molar-refractivity contribution in [3.63, 3.8) is 0 Å². The number of anilines is 2. The first-order valence-electron chi connectivity index (χ1n) is 10.5. The van der Waals surface area contributed by atoms with Crippen molar-refractivity contribution in [1.82, 2.24) is 0 Å². The van der Waals surface area contributed by atoms with Gasteiger partial charge < -0.3 is 20.1 Å². The average Bonchev–Trinajstić information content (AvgIpc) is 3.30. The average molecular weight is 522 g/mol. The van der Waals surface area contributed by atoms with Crippen LogP contribution in [0.25, 0.3) is 6.08 Å². The van der Waals surface area contributed by atoms with Crippen molar-refractivity contribution < 1.29 is 45.4 Å². The number of alkyl halides is 6. The highest BCUT2D eigenvalue weighted by Gasteiger charge is 2.31. The minimum Gasteiger partial charge on any atom is -0.454 e. The van der Waals surface area contributed by atoms with Crippen LogP contribution in [0, 0.1) is 0 Å². The summed E-state index contributed by atoms with van der Waals surface area (Å²) in [5.74, 6) is -1.13. The van der Waals surface area contributed by atoms with Crippen LogP contribution in [0.1, 0.15) is 16.7 Å². The number of amides is 2. The molecule has 37 heavy (non-hydrogen) atoms. The Balaban J connectivity index is 1.60. The maximum atomic E-state index is 13.0. The predicted molar refractivity (Wildman–Crippen MR) is 121 cm³/mol. The Morgan fingerprint density at radius 1 is 0.676 bits per heavy atom. The van der Waals surface area contributed by atoms with E-state index in [1.165, 1.54) is 18.2 Å². The lowest BCUT2D eigenvalue weighted by atomic mass is 10.1. The van der Waals surface area contributed by atoms with Crippen molar-refractivity contribution in [3.8, 4) is 11.5 Å². The van der Waals surface area contributed by atoms with Crippen LogP contribution in [0.4, 0.5) is 37.7 Å². The van der Waals surface area contributed by atoms with Gasteiger partial charge in [-0.2, -0.15) is 26.3 Å². The normalized spacial score (nSPS) is 12.6. The number of ether oxygens (including phenoxy) is 2. The molecule has 12 heteroatoms. The number of hydrogen-bond acceptors (Lipinski definition) is 4. The van der Waals surface area contributed by atoms with E-state index in [1.807, 2.05) is 0 Å². The number of carbonyl (C=O) groups is 2. The Morgan fingerprint density at radius 3 is 1.59 bits per heavy atom. The van der Waals surface area contributed by atoms with Crippen LogP contribution in [0.3, 0.4) is 0 Å². The molecule has 0 spiro atoms. The van der Waals surface area contributed by atoms with E-state index in [4.69, 9.17) is 9.47 Å². The Bertz CT molecular complexity index is 1270. The first kappa shape index (κ1) is 25.6. The summed E-state index contributed by atoms with van der Waals surface area (Å²) in [7, 11) is 0. The number of fused-ring (bicyclic) bond motifs is 1. The lowest BCUT2D eigenvalue weighted by Gasteiger charge is -2.12. The number of halogens is 6. The van der Waals surface area contributed by atoms with Crippen molar-refractivity contribution in [2.45, 2.75) is 12.4 Å². The largest absolute Gasteiger partial charge is 0.454 e. The van der Waals surface area contributed by atoms with Crippen LogP contribution in [-0.4, -0.2) is 18.6 Å². The maximum absolute atomic E-state index is 13.0. The zero-order valence-electron chi connectivity index (χ0n) is 18.5. The standard InChI is InChI=1S/C25H16F6N2O4/c26-24(27,28)15-2-6-17(7-3-15)32-22(34)19(11-14-1-10-20-21(12-14)37-13-36-20)23(35)33-18-8-4-16(5-9-18)25(29,30)31/h1-12H,13H2,(H,32,34)(H,33,35). The third-order valence-corrected chi connectivity index (χ3v) is 5.14. The fourth-order valence-corrected chi connectivity index (χ4v) is 3.29. The Hall–Kier alpha value is -4.48. The molecule has 1 heterocycles. The van der Waals surface area contributed by atoms with Gasteiger partial charge in [-0.1, -0.05) is 6.07 Å². The Kier molecular flexibility index (Phi) is 6.84. The van der Waals surface area contributed by atoms with Crippen molar-refractivity contribution in [2.24, 2.45) is 0 Å². The summed E-state index contributed by atoms with van der Waals surface area (Å²) in [4.78, 5) is 26.0. The molecule has 0 radical (unpaired) electrons. The quantitative estimate of drug-likeness (QED) is 0.183. The zero-order valence-corrected chi connectivity index (χ0v) is 18.5. The first-order valence-corrected chi connectivity index (χ1v) is 10.5. The second kappa shape index (κ2) is 9.88. The smallest absolute Gasteiger partial charge is 0.416 e. The number of carbonyl (C=O) groups excluding carboxylic acids is 2. The molecule has 3 aromatic rings. The fourth-order valence-electron chi connectivity index (χ4n) is 3.29. The van der Waals surface area contributed by atoms with Crippen LogP contribution < -0.4 is 20.1 Å². The minimum absolute atomic E-state index is 0.0157. The highest BCUT2D eigenvalue weighted by atomic mass is 19.4. The number of hydrogen-bond donors (Lipinski definition) is 2. The van der Waals surface area contributed by atoms with Gasteiger partial charge in [0, 0.05) is 11.4 Å². The summed E-state index contributed by atoms with van der Waals surface area (Å²) in [5, 5.41) is 4.70. The Morgan fingerprint density at radius 2 is 1.14 bits per heavy atom. The second-order valence-electron chi connectivity index (χ2n) is 7.73. The van der Waals surface area contributed by atoms with Gasteiger partial charge in [0.2, 0.25) is 6.79 Å². The molecule has 1 aliphatic rings. The zero-order chi connectivity index (χ0) is 26.8. The molecular weight excluding hydrogens is 506 g/mol. The van der Waals surface area contributed by atoms with E-state index in [2.05, 4.69) is 10.6 Å². The third kappa shape index (κ3) is 6.21. The lowest BCUT2D eigenvalue weighted by Crippen LogP contribution is -2.25. The van der Waals surface area contributed by atoms with Gasteiger partial charge in [-0.25, -0.2) is 0 Å². The summed E-state index contributed by atoms with van der Waals surface area (Å²) >= 11 is 0. The van der Waals surface area contributed by atoms with Gasteiger partial charge in [0.25, 0.3) is 11.8 Å². The summed E-state index contributed by atoms with van der Waals surface area (Å²) in [6, 6.07) is 11.7. The van der Waals surface area contributed by atoms with Gasteiger partial charge in [0.05, 0.1) is 11.1 Å².